The van der Waals surface area contributed by atoms with Gasteiger partial charge in [0.2, 0.25) is 0 Å². The molecule has 0 saturated heterocycles. The van der Waals surface area contributed by atoms with Gasteiger partial charge in [0, 0.05) is 11.7 Å². The van der Waals surface area contributed by atoms with Gasteiger partial charge in [-0.15, -0.1) is 23.2 Å². The number of sulfone groups is 1. The summed E-state index contributed by atoms with van der Waals surface area (Å²) in [5.41, 5.74) is 0. The molecular formula is C7H12Cl2O2S. The van der Waals surface area contributed by atoms with Crippen LogP contribution in [0.25, 0.3) is 0 Å². The summed E-state index contributed by atoms with van der Waals surface area (Å²) >= 11 is 11.4. The normalized spacial score (nSPS) is 27.1. The van der Waals surface area contributed by atoms with E-state index in [1.54, 1.807) is 0 Å². The van der Waals surface area contributed by atoms with Crippen LogP contribution in [0.15, 0.2) is 0 Å². The molecule has 0 spiro atoms. The molecule has 2 nitrogen and oxygen atoms in total. The maximum absolute atomic E-state index is 11.3. The minimum Gasteiger partial charge on any atom is -0.229 e. The molecule has 0 amide bonds. The number of alkyl halides is 2. The third kappa shape index (κ3) is 2.79. The predicted octanol–water partition coefficient (Wildman–Crippen LogP) is 2.00. The van der Waals surface area contributed by atoms with E-state index in [1.807, 2.05) is 6.92 Å². The van der Waals surface area contributed by atoms with Gasteiger partial charge in [0.15, 0.2) is 9.84 Å². The molecule has 0 aliphatic heterocycles. The van der Waals surface area contributed by atoms with Gasteiger partial charge in [0.05, 0.1) is 5.75 Å². The Morgan fingerprint density at radius 3 is 2.33 bits per heavy atom. The zero-order chi connectivity index (χ0) is 9.41. The van der Waals surface area contributed by atoms with Crippen molar-refractivity contribution in [1.29, 1.82) is 0 Å². The van der Waals surface area contributed by atoms with Gasteiger partial charge >= 0.3 is 0 Å². The lowest BCUT2D eigenvalue weighted by Gasteiger charge is -2.01. The third-order valence-electron chi connectivity index (χ3n) is 1.93. The molecule has 72 valence electrons. The first-order valence-corrected chi connectivity index (χ1v) is 6.53. The zero-order valence-corrected chi connectivity index (χ0v) is 9.21. The average molecular weight is 231 g/mol. The van der Waals surface area contributed by atoms with Gasteiger partial charge in [-0.05, 0) is 12.8 Å². The fourth-order valence-corrected chi connectivity index (χ4v) is 3.67. The maximum Gasteiger partial charge on any atom is 0.150 e. The minimum atomic E-state index is -2.91. The summed E-state index contributed by atoms with van der Waals surface area (Å²) in [7, 11) is -2.91. The van der Waals surface area contributed by atoms with E-state index in [9.17, 15) is 8.42 Å². The fraction of sp³-hybridized carbons (Fsp3) is 1.00. The van der Waals surface area contributed by atoms with Gasteiger partial charge in [-0.2, -0.15) is 0 Å². The van der Waals surface area contributed by atoms with E-state index in [0.29, 0.717) is 12.8 Å². The Bertz CT molecular complexity index is 259. The van der Waals surface area contributed by atoms with Crippen molar-refractivity contribution in [3.8, 4) is 0 Å². The van der Waals surface area contributed by atoms with Crippen molar-refractivity contribution in [3.63, 3.8) is 0 Å². The summed E-state index contributed by atoms with van der Waals surface area (Å²) < 4.78 is 21.7. The topological polar surface area (TPSA) is 34.1 Å². The van der Waals surface area contributed by atoms with Crippen molar-refractivity contribution < 1.29 is 8.42 Å². The molecule has 0 heterocycles. The van der Waals surface area contributed by atoms with Crippen LogP contribution in [-0.2, 0) is 9.84 Å². The first kappa shape index (κ1) is 10.6. The summed E-state index contributed by atoms with van der Waals surface area (Å²) in [5, 5.41) is 0. The largest absolute Gasteiger partial charge is 0.229 e. The molecule has 0 N–H and O–H groups in total. The second kappa shape index (κ2) is 3.35. The molecule has 0 aromatic carbocycles. The number of hydrogen-bond acceptors (Lipinski definition) is 2. The SMILES string of the molecule is CCCS(=O)(=O)CC1CC1(Cl)Cl. The van der Waals surface area contributed by atoms with E-state index in [2.05, 4.69) is 0 Å². The predicted molar refractivity (Wildman–Crippen MR) is 51.5 cm³/mol. The summed E-state index contributed by atoms with van der Waals surface area (Å²) in [6, 6.07) is 0. The lowest BCUT2D eigenvalue weighted by molar-refractivity contribution is 0.590. The molecule has 1 unspecified atom stereocenters. The number of hydrogen-bond donors (Lipinski definition) is 0. The highest BCUT2D eigenvalue weighted by Gasteiger charge is 2.53. The molecular weight excluding hydrogens is 219 g/mol. The van der Waals surface area contributed by atoms with E-state index in [1.165, 1.54) is 0 Å². The van der Waals surface area contributed by atoms with Crippen LogP contribution in [0.5, 0.6) is 0 Å². The van der Waals surface area contributed by atoms with E-state index in [0.717, 1.165) is 0 Å². The second-order valence-electron chi connectivity index (χ2n) is 3.28. The van der Waals surface area contributed by atoms with Crippen LogP contribution in [0.3, 0.4) is 0 Å². The Hall–Kier alpha value is 0.530. The molecule has 1 fully saturated rings. The van der Waals surface area contributed by atoms with E-state index in [-0.39, 0.29) is 17.4 Å². The quantitative estimate of drug-likeness (QED) is 0.693. The number of rotatable bonds is 4. The lowest BCUT2D eigenvalue weighted by atomic mass is 10.5. The highest BCUT2D eigenvalue weighted by atomic mass is 35.5. The Kier molecular flexibility index (Phi) is 2.96. The second-order valence-corrected chi connectivity index (χ2v) is 7.05. The summed E-state index contributed by atoms with van der Waals surface area (Å²) in [4.78, 5) is 0. The Morgan fingerprint density at radius 1 is 1.50 bits per heavy atom. The van der Waals surface area contributed by atoms with Crippen LogP contribution in [0.4, 0.5) is 0 Å². The molecule has 0 bridgehead atoms. The third-order valence-corrected chi connectivity index (χ3v) is 4.79. The van der Waals surface area contributed by atoms with Crippen LogP contribution in [0.1, 0.15) is 19.8 Å². The summed E-state index contributed by atoms with van der Waals surface area (Å²) in [6.07, 6.45) is 1.27. The van der Waals surface area contributed by atoms with E-state index >= 15 is 0 Å². The summed E-state index contributed by atoms with van der Waals surface area (Å²) in [5.74, 6) is 0.346. The zero-order valence-electron chi connectivity index (χ0n) is 6.89. The van der Waals surface area contributed by atoms with Crippen molar-refractivity contribution in [2.75, 3.05) is 11.5 Å². The van der Waals surface area contributed by atoms with Gasteiger partial charge < -0.3 is 0 Å². The monoisotopic (exact) mass is 230 g/mol. The van der Waals surface area contributed by atoms with Gasteiger partial charge in [-0.25, -0.2) is 8.42 Å². The first-order valence-electron chi connectivity index (χ1n) is 3.95. The molecule has 5 heteroatoms. The Balaban J connectivity index is 2.43. The van der Waals surface area contributed by atoms with Crippen LogP contribution in [0.2, 0.25) is 0 Å². The van der Waals surface area contributed by atoms with Gasteiger partial charge in [-0.1, -0.05) is 6.92 Å². The Labute approximate surface area is 83.2 Å². The van der Waals surface area contributed by atoms with Crippen LogP contribution in [0, 0.1) is 5.92 Å². The van der Waals surface area contributed by atoms with Crippen molar-refractivity contribution in [3.05, 3.63) is 0 Å². The average Bonchev–Trinajstić information content (AvgIpc) is 2.36. The molecule has 1 aliphatic carbocycles. The molecule has 1 saturated carbocycles. The molecule has 0 aromatic heterocycles. The molecule has 0 radical (unpaired) electrons. The molecule has 1 aliphatic rings. The minimum absolute atomic E-state index is 0.0441. The van der Waals surface area contributed by atoms with Crippen LogP contribution in [-0.4, -0.2) is 24.3 Å². The molecule has 1 rings (SSSR count). The van der Waals surface area contributed by atoms with Gasteiger partial charge in [-0.3, -0.25) is 0 Å². The molecule has 12 heavy (non-hydrogen) atoms. The highest BCUT2D eigenvalue weighted by molar-refractivity contribution is 7.91. The molecule has 1 atom stereocenters. The van der Waals surface area contributed by atoms with Crippen molar-refractivity contribution in [2.45, 2.75) is 24.1 Å². The van der Waals surface area contributed by atoms with Crippen LogP contribution < -0.4 is 0 Å². The standard InChI is InChI=1S/C7H12Cl2O2S/c1-2-3-12(10,11)5-6-4-7(6,8)9/h6H,2-5H2,1H3. The summed E-state index contributed by atoms with van der Waals surface area (Å²) in [6.45, 7) is 1.85. The van der Waals surface area contributed by atoms with Gasteiger partial charge in [0.25, 0.3) is 0 Å². The fourth-order valence-electron chi connectivity index (χ4n) is 1.15. The van der Waals surface area contributed by atoms with Crippen molar-refractivity contribution >= 4 is 33.0 Å². The van der Waals surface area contributed by atoms with Crippen molar-refractivity contribution in [1.82, 2.24) is 0 Å². The maximum atomic E-state index is 11.3. The van der Waals surface area contributed by atoms with E-state index in [4.69, 9.17) is 23.2 Å². The number of halogens is 2. The first-order chi connectivity index (χ1) is 5.37. The smallest absolute Gasteiger partial charge is 0.150 e. The Morgan fingerprint density at radius 2 is 2.00 bits per heavy atom. The van der Waals surface area contributed by atoms with E-state index < -0.39 is 14.2 Å². The molecule has 0 aromatic rings. The lowest BCUT2D eigenvalue weighted by Crippen LogP contribution is -2.14. The van der Waals surface area contributed by atoms with Gasteiger partial charge in [0.1, 0.15) is 4.33 Å². The highest BCUT2D eigenvalue weighted by Crippen LogP contribution is 2.53. The van der Waals surface area contributed by atoms with Crippen LogP contribution >= 0.6 is 23.2 Å². The van der Waals surface area contributed by atoms with Crippen molar-refractivity contribution in [2.24, 2.45) is 5.92 Å².